The third kappa shape index (κ3) is 4.17. The van der Waals surface area contributed by atoms with E-state index in [9.17, 15) is 9.59 Å². The normalized spacial score (nSPS) is 12.7. The third-order valence-electron chi connectivity index (χ3n) is 5.69. The van der Waals surface area contributed by atoms with Gasteiger partial charge in [0.05, 0.1) is 11.4 Å². The maximum Gasteiger partial charge on any atom is 0.255 e. The van der Waals surface area contributed by atoms with E-state index < -0.39 is 0 Å². The number of para-hydroxylation sites is 1. The number of carbonyl (C=O) groups excluding carboxylic acids is 2. The number of rotatable bonds is 4. The number of carbonyl (C=O) groups is 2. The highest BCUT2D eigenvalue weighted by atomic mass is 16.1. The summed E-state index contributed by atoms with van der Waals surface area (Å²) in [6.45, 7) is 7.27. The molecule has 4 N–H and O–H groups in total. The second-order valence-electron chi connectivity index (χ2n) is 8.93. The summed E-state index contributed by atoms with van der Waals surface area (Å²) in [4.78, 5) is 25.8. The van der Waals surface area contributed by atoms with Crippen LogP contribution in [0.25, 0.3) is 0 Å². The number of anilines is 3. The van der Waals surface area contributed by atoms with Gasteiger partial charge in [0.15, 0.2) is 5.78 Å². The predicted molar refractivity (Wildman–Crippen MR) is 126 cm³/mol. The SMILES string of the molecule is CC(C)(C)c1ccc(C(=O)c2cccc(NC(=O)c3ccc4c(c3)NCC4)c2N)cc1. The molecule has 0 fully saturated rings. The molecule has 0 atom stereocenters. The number of amides is 1. The van der Waals surface area contributed by atoms with Crippen LogP contribution in [0.2, 0.25) is 0 Å². The molecule has 3 aromatic carbocycles. The molecule has 0 aliphatic carbocycles. The Balaban J connectivity index is 1.56. The van der Waals surface area contributed by atoms with Crippen molar-refractivity contribution in [2.45, 2.75) is 32.6 Å². The summed E-state index contributed by atoms with van der Waals surface area (Å²) in [5, 5.41) is 6.13. The van der Waals surface area contributed by atoms with Gasteiger partial charge in [0.2, 0.25) is 0 Å². The number of hydrogen-bond donors (Lipinski definition) is 3. The summed E-state index contributed by atoms with van der Waals surface area (Å²) >= 11 is 0. The van der Waals surface area contributed by atoms with Crippen LogP contribution in [0.5, 0.6) is 0 Å². The van der Waals surface area contributed by atoms with Gasteiger partial charge in [-0.1, -0.05) is 57.2 Å². The van der Waals surface area contributed by atoms with Crippen LogP contribution in [0.4, 0.5) is 17.1 Å². The number of nitrogens with one attached hydrogen (secondary N) is 2. The van der Waals surface area contributed by atoms with Crippen LogP contribution in [0, 0.1) is 0 Å². The minimum atomic E-state index is -0.262. The molecule has 0 saturated carbocycles. The maximum absolute atomic E-state index is 13.1. The average molecular weight is 414 g/mol. The van der Waals surface area contributed by atoms with E-state index in [2.05, 4.69) is 31.4 Å². The Morgan fingerprint density at radius 3 is 2.39 bits per heavy atom. The summed E-state index contributed by atoms with van der Waals surface area (Å²) in [7, 11) is 0. The van der Waals surface area contributed by atoms with Crippen LogP contribution in [0.15, 0.2) is 60.7 Å². The quantitative estimate of drug-likeness (QED) is 0.414. The van der Waals surface area contributed by atoms with Gasteiger partial charge in [0.1, 0.15) is 0 Å². The first-order valence-electron chi connectivity index (χ1n) is 10.5. The van der Waals surface area contributed by atoms with Crippen LogP contribution in [-0.2, 0) is 11.8 Å². The molecule has 158 valence electrons. The summed E-state index contributed by atoms with van der Waals surface area (Å²) in [6.07, 6.45) is 0.963. The van der Waals surface area contributed by atoms with Crippen molar-refractivity contribution in [1.82, 2.24) is 0 Å². The number of benzene rings is 3. The van der Waals surface area contributed by atoms with Gasteiger partial charge in [0, 0.05) is 28.9 Å². The van der Waals surface area contributed by atoms with Gasteiger partial charge in [-0.15, -0.1) is 0 Å². The van der Waals surface area contributed by atoms with Gasteiger partial charge in [-0.2, -0.15) is 0 Å². The predicted octanol–water partition coefficient (Wildman–Crippen LogP) is 5.02. The van der Waals surface area contributed by atoms with E-state index in [0.29, 0.717) is 22.4 Å². The van der Waals surface area contributed by atoms with Crippen molar-refractivity contribution >= 4 is 28.8 Å². The Kier molecular flexibility index (Phi) is 5.27. The second-order valence-corrected chi connectivity index (χ2v) is 8.93. The molecule has 5 heteroatoms. The van der Waals surface area contributed by atoms with Crippen molar-refractivity contribution in [3.05, 3.63) is 88.5 Å². The first-order chi connectivity index (χ1) is 14.7. The van der Waals surface area contributed by atoms with E-state index in [-0.39, 0.29) is 22.8 Å². The Hall–Kier alpha value is -3.60. The van der Waals surface area contributed by atoms with Crippen molar-refractivity contribution in [2.24, 2.45) is 0 Å². The standard InChI is InChI=1S/C26H27N3O2/c1-26(2,3)19-11-9-17(10-12-19)24(30)20-5-4-6-21(23(20)27)29-25(31)18-8-7-16-13-14-28-22(16)15-18/h4-12,15,28H,13-14,27H2,1-3H3,(H,29,31). The topological polar surface area (TPSA) is 84.2 Å². The molecular formula is C26H27N3O2. The first-order valence-corrected chi connectivity index (χ1v) is 10.5. The largest absolute Gasteiger partial charge is 0.396 e. The average Bonchev–Trinajstić information content (AvgIpc) is 3.22. The smallest absolute Gasteiger partial charge is 0.255 e. The molecule has 1 aliphatic rings. The highest BCUT2D eigenvalue weighted by Gasteiger charge is 2.19. The van der Waals surface area contributed by atoms with E-state index >= 15 is 0 Å². The van der Waals surface area contributed by atoms with Crippen LogP contribution >= 0.6 is 0 Å². The van der Waals surface area contributed by atoms with Gasteiger partial charge in [-0.05, 0) is 47.2 Å². The van der Waals surface area contributed by atoms with Crippen molar-refractivity contribution in [3.8, 4) is 0 Å². The zero-order valence-electron chi connectivity index (χ0n) is 18.1. The molecule has 1 heterocycles. The minimum absolute atomic E-state index is 0.0118. The second kappa shape index (κ2) is 7.91. The van der Waals surface area contributed by atoms with E-state index in [1.807, 2.05) is 42.5 Å². The van der Waals surface area contributed by atoms with Crippen molar-refractivity contribution < 1.29 is 9.59 Å². The summed E-state index contributed by atoms with van der Waals surface area (Å²) in [5.41, 5.74) is 11.8. The van der Waals surface area contributed by atoms with Gasteiger partial charge < -0.3 is 16.4 Å². The van der Waals surface area contributed by atoms with Gasteiger partial charge >= 0.3 is 0 Å². The lowest BCUT2D eigenvalue weighted by Gasteiger charge is -2.19. The highest BCUT2D eigenvalue weighted by molar-refractivity contribution is 6.15. The minimum Gasteiger partial charge on any atom is -0.396 e. The molecule has 0 radical (unpaired) electrons. The Labute approximate surface area is 182 Å². The zero-order valence-corrected chi connectivity index (χ0v) is 18.1. The lowest BCUT2D eigenvalue weighted by atomic mass is 9.86. The van der Waals surface area contributed by atoms with E-state index in [4.69, 9.17) is 5.73 Å². The summed E-state index contributed by atoms with van der Waals surface area (Å²) in [6, 6.07) is 18.3. The lowest BCUT2D eigenvalue weighted by molar-refractivity contribution is 0.102. The Morgan fingerprint density at radius 1 is 0.968 bits per heavy atom. The van der Waals surface area contributed by atoms with E-state index in [1.54, 1.807) is 18.2 Å². The molecular weight excluding hydrogens is 386 g/mol. The molecule has 31 heavy (non-hydrogen) atoms. The third-order valence-corrected chi connectivity index (χ3v) is 5.69. The molecule has 4 rings (SSSR count). The van der Waals surface area contributed by atoms with Gasteiger partial charge in [-0.3, -0.25) is 9.59 Å². The van der Waals surface area contributed by atoms with E-state index in [1.165, 1.54) is 5.56 Å². The molecule has 3 aromatic rings. The van der Waals surface area contributed by atoms with Crippen LogP contribution < -0.4 is 16.4 Å². The molecule has 1 aliphatic heterocycles. The highest BCUT2D eigenvalue weighted by Crippen LogP contribution is 2.28. The molecule has 1 amide bonds. The fraction of sp³-hybridized carbons (Fsp3) is 0.231. The molecule has 5 nitrogen and oxygen atoms in total. The van der Waals surface area contributed by atoms with Crippen LogP contribution in [0.3, 0.4) is 0 Å². The Bertz CT molecular complexity index is 1160. The van der Waals surface area contributed by atoms with Crippen molar-refractivity contribution in [1.29, 1.82) is 0 Å². The molecule has 0 spiro atoms. The number of hydrogen-bond acceptors (Lipinski definition) is 4. The maximum atomic E-state index is 13.1. The summed E-state index contributed by atoms with van der Waals surface area (Å²) < 4.78 is 0. The van der Waals surface area contributed by atoms with Crippen LogP contribution in [-0.4, -0.2) is 18.2 Å². The fourth-order valence-corrected chi connectivity index (χ4v) is 3.78. The van der Waals surface area contributed by atoms with Gasteiger partial charge in [0.25, 0.3) is 5.91 Å². The summed E-state index contributed by atoms with van der Waals surface area (Å²) in [5.74, 6) is -0.432. The van der Waals surface area contributed by atoms with Gasteiger partial charge in [-0.25, -0.2) is 0 Å². The van der Waals surface area contributed by atoms with Crippen molar-refractivity contribution in [2.75, 3.05) is 22.9 Å². The first kappa shape index (κ1) is 20.7. The number of nitrogen functional groups attached to an aromatic ring is 1. The zero-order chi connectivity index (χ0) is 22.2. The van der Waals surface area contributed by atoms with Crippen LogP contribution in [0.1, 0.15) is 58.2 Å². The van der Waals surface area contributed by atoms with Crippen molar-refractivity contribution in [3.63, 3.8) is 0 Å². The number of fused-ring (bicyclic) bond motifs is 1. The van der Waals surface area contributed by atoms with E-state index in [0.717, 1.165) is 24.2 Å². The lowest BCUT2D eigenvalue weighted by Crippen LogP contribution is -2.15. The molecule has 0 bridgehead atoms. The Morgan fingerprint density at radius 2 is 1.68 bits per heavy atom. The number of nitrogens with two attached hydrogens (primary N) is 1. The molecule has 0 saturated heterocycles. The number of ketones is 1. The fourth-order valence-electron chi connectivity index (χ4n) is 3.78. The monoisotopic (exact) mass is 413 g/mol. The molecule has 0 aromatic heterocycles. The molecule has 0 unspecified atom stereocenters.